The third-order valence-corrected chi connectivity index (χ3v) is 5.40. The summed E-state index contributed by atoms with van der Waals surface area (Å²) in [7, 11) is 0. The summed E-state index contributed by atoms with van der Waals surface area (Å²) >= 11 is 5.23. The first-order chi connectivity index (χ1) is 9.15. The van der Waals surface area contributed by atoms with Crippen molar-refractivity contribution in [2.24, 2.45) is 0 Å². The van der Waals surface area contributed by atoms with Crippen molar-refractivity contribution in [3.63, 3.8) is 0 Å². The smallest absolute Gasteiger partial charge is 0.230 e. The van der Waals surface area contributed by atoms with Crippen molar-refractivity contribution in [3.8, 4) is 0 Å². The van der Waals surface area contributed by atoms with Crippen LogP contribution >= 0.6 is 27.7 Å². The van der Waals surface area contributed by atoms with E-state index in [1.807, 2.05) is 43.0 Å². The van der Waals surface area contributed by atoms with E-state index in [4.69, 9.17) is 0 Å². The van der Waals surface area contributed by atoms with Gasteiger partial charge in [-0.2, -0.15) is 0 Å². The van der Waals surface area contributed by atoms with E-state index in [0.29, 0.717) is 11.0 Å². The van der Waals surface area contributed by atoms with Crippen LogP contribution in [-0.4, -0.2) is 16.9 Å². The molecule has 0 spiro atoms. The summed E-state index contributed by atoms with van der Waals surface area (Å²) < 4.78 is 1.06. The molecule has 1 aromatic rings. The number of hydrogen-bond acceptors (Lipinski definition) is 2. The third-order valence-electron chi connectivity index (χ3n) is 3.50. The van der Waals surface area contributed by atoms with Gasteiger partial charge >= 0.3 is 0 Å². The molecule has 1 aliphatic carbocycles. The zero-order valence-electron chi connectivity index (χ0n) is 11.2. The summed E-state index contributed by atoms with van der Waals surface area (Å²) in [6.45, 7) is 2.03. The maximum absolute atomic E-state index is 11.9. The highest BCUT2D eigenvalue weighted by atomic mass is 79.9. The van der Waals surface area contributed by atoms with Crippen LogP contribution < -0.4 is 5.32 Å². The molecule has 0 aromatic heterocycles. The lowest BCUT2D eigenvalue weighted by molar-refractivity contribution is -0.119. The Morgan fingerprint density at radius 2 is 2.00 bits per heavy atom. The molecule has 1 fully saturated rings. The Bertz CT molecular complexity index is 415. The number of halogens is 1. The second-order valence-electron chi connectivity index (χ2n) is 5.06. The van der Waals surface area contributed by atoms with Gasteiger partial charge in [0.05, 0.1) is 11.8 Å². The van der Waals surface area contributed by atoms with E-state index in [9.17, 15) is 4.79 Å². The summed E-state index contributed by atoms with van der Waals surface area (Å²) in [6, 6.07) is 8.17. The lowest BCUT2D eigenvalue weighted by Crippen LogP contribution is -2.28. The van der Waals surface area contributed by atoms with Crippen LogP contribution in [-0.2, 0) is 4.79 Å². The third kappa shape index (κ3) is 4.84. The summed E-state index contributed by atoms with van der Waals surface area (Å²) in [5, 5.41) is 3.77. The van der Waals surface area contributed by atoms with Crippen LogP contribution in [0, 0.1) is 0 Å². The lowest BCUT2D eigenvalue weighted by Gasteiger charge is -2.15. The SMILES string of the molecule is C[C@H](NC(=O)CSC1CCCC1)c1ccc(Br)cc1. The molecule has 4 heteroatoms. The number of carbonyl (C=O) groups is 1. The fraction of sp³-hybridized carbons (Fsp3) is 0.533. The van der Waals surface area contributed by atoms with Crippen molar-refractivity contribution in [2.45, 2.75) is 43.9 Å². The fourth-order valence-electron chi connectivity index (χ4n) is 2.37. The van der Waals surface area contributed by atoms with E-state index in [-0.39, 0.29) is 11.9 Å². The van der Waals surface area contributed by atoms with E-state index >= 15 is 0 Å². The molecule has 1 saturated carbocycles. The molecule has 1 N–H and O–H groups in total. The number of amides is 1. The molecule has 104 valence electrons. The first-order valence-electron chi connectivity index (χ1n) is 6.81. The summed E-state index contributed by atoms with van der Waals surface area (Å²) in [5.41, 5.74) is 1.14. The van der Waals surface area contributed by atoms with Gasteiger partial charge in [0.15, 0.2) is 0 Å². The molecular formula is C15H20BrNOS. The molecule has 1 amide bonds. The number of carbonyl (C=O) groups excluding carboxylic acids is 1. The van der Waals surface area contributed by atoms with E-state index in [1.165, 1.54) is 25.7 Å². The maximum Gasteiger partial charge on any atom is 0.230 e. The topological polar surface area (TPSA) is 29.1 Å². The molecule has 0 saturated heterocycles. The largest absolute Gasteiger partial charge is 0.349 e. The van der Waals surface area contributed by atoms with Crippen molar-refractivity contribution in [3.05, 3.63) is 34.3 Å². The lowest BCUT2D eigenvalue weighted by atomic mass is 10.1. The van der Waals surface area contributed by atoms with Crippen molar-refractivity contribution in [1.82, 2.24) is 5.32 Å². The molecule has 2 nitrogen and oxygen atoms in total. The van der Waals surface area contributed by atoms with Crippen LogP contribution in [0.3, 0.4) is 0 Å². The molecule has 1 aromatic carbocycles. The average molecular weight is 342 g/mol. The maximum atomic E-state index is 11.9. The van der Waals surface area contributed by atoms with Crippen LogP contribution in [0.1, 0.15) is 44.2 Å². The Morgan fingerprint density at radius 3 is 2.63 bits per heavy atom. The fourth-order valence-corrected chi connectivity index (χ4v) is 3.77. The first-order valence-corrected chi connectivity index (χ1v) is 8.66. The molecule has 19 heavy (non-hydrogen) atoms. The quantitative estimate of drug-likeness (QED) is 0.864. The minimum absolute atomic E-state index is 0.0739. The highest BCUT2D eigenvalue weighted by Gasteiger charge is 2.17. The van der Waals surface area contributed by atoms with Gasteiger partial charge in [-0.3, -0.25) is 4.79 Å². The summed E-state index contributed by atoms with van der Waals surface area (Å²) in [6.07, 6.45) is 5.21. The Hall–Kier alpha value is -0.480. The first kappa shape index (κ1) is 14.9. The Balaban J connectivity index is 1.76. The monoisotopic (exact) mass is 341 g/mol. The van der Waals surface area contributed by atoms with Gasteiger partial charge in [-0.25, -0.2) is 0 Å². The van der Waals surface area contributed by atoms with Gasteiger partial charge < -0.3 is 5.32 Å². The highest BCUT2D eigenvalue weighted by molar-refractivity contribution is 9.10. The van der Waals surface area contributed by atoms with Crippen LogP contribution in [0.5, 0.6) is 0 Å². The van der Waals surface area contributed by atoms with Gasteiger partial charge in [0, 0.05) is 9.72 Å². The molecule has 0 aliphatic heterocycles. The zero-order valence-corrected chi connectivity index (χ0v) is 13.6. The van der Waals surface area contributed by atoms with Gasteiger partial charge in [-0.1, -0.05) is 40.9 Å². The number of thioether (sulfide) groups is 1. The van der Waals surface area contributed by atoms with Gasteiger partial charge in [-0.15, -0.1) is 11.8 Å². The molecule has 0 bridgehead atoms. The predicted molar refractivity (Wildman–Crippen MR) is 85.4 cm³/mol. The Morgan fingerprint density at radius 1 is 1.37 bits per heavy atom. The van der Waals surface area contributed by atoms with Gasteiger partial charge in [0.2, 0.25) is 5.91 Å². The van der Waals surface area contributed by atoms with Crippen LogP contribution in [0.25, 0.3) is 0 Å². The molecule has 0 radical (unpaired) electrons. The van der Waals surface area contributed by atoms with Crippen molar-refractivity contribution in [1.29, 1.82) is 0 Å². The number of hydrogen-bond donors (Lipinski definition) is 1. The number of benzene rings is 1. The second kappa shape index (κ2) is 7.34. The molecule has 1 aliphatic rings. The predicted octanol–water partition coefficient (Wildman–Crippen LogP) is 4.30. The average Bonchev–Trinajstić information content (AvgIpc) is 2.90. The van der Waals surface area contributed by atoms with Gasteiger partial charge in [0.25, 0.3) is 0 Å². The standard InChI is InChI=1S/C15H20BrNOS/c1-11(12-6-8-13(16)9-7-12)17-15(18)10-19-14-4-2-3-5-14/h6-9,11,14H,2-5,10H2,1H3,(H,17,18)/t11-/m0/s1. The Labute approximate surface area is 127 Å². The second-order valence-corrected chi connectivity index (χ2v) is 7.26. The molecule has 1 atom stereocenters. The van der Waals surface area contributed by atoms with Crippen LogP contribution in [0.4, 0.5) is 0 Å². The van der Waals surface area contributed by atoms with Crippen LogP contribution in [0.15, 0.2) is 28.7 Å². The van der Waals surface area contributed by atoms with E-state index in [2.05, 4.69) is 21.2 Å². The van der Waals surface area contributed by atoms with E-state index in [0.717, 1.165) is 10.0 Å². The van der Waals surface area contributed by atoms with Crippen LogP contribution in [0.2, 0.25) is 0 Å². The summed E-state index contributed by atoms with van der Waals surface area (Å²) in [4.78, 5) is 11.9. The highest BCUT2D eigenvalue weighted by Crippen LogP contribution is 2.29. The zero-order chi connectivity index (χ0) is 13.7. The molecule has 0 unspecified atom stereocenters. The molecular weight excluding hydrogens is 322 g/mol. The number of nitrogens with one attached hydrogen (secondary N) is 1. The molecule has 0 heterocycles. The van der Waals surface area contributed by atoms with Crippen molar-refractivity contribution >= 4 is 33.6 Å². The van der Waals surface area contributed by atoms with Crippen molar-refractivity contribution < 1.29 is 4.79 Å². The Kier molecular flexibility index (Phi) is 5.76. The number of rotatable bonds is 5. The van der Waals surface area contributed by atoms with Crippen molar-refractivity contribution in [2.75, 3.05) is 5.75 Å². The molecule has 2 rings (SSSR count). The van der Waals surface area contributed by atoms with E-state index in [1.54, 1.807) is 0 Å². The van der Waals surface area contributed by atoms with E-state index < -0.39 is 0 Å². The van der Waals surface area contributed by atoms with Gasteiger partial charge in [0.1, 0.15) is 0 Å². The summed E-state index contributed by atoms with van der Waals surface area (Å²) in [5.74, 6) is 0.734. The normalized spacial score (nSPS) is 17.4. The minimum atomic E-state index is 0.0739. The minimum Gasteiger partial charge on any atom is -0.349 e. The van der Waals surface area contributed by atoms with Gasteiger partial charge in [-0.05, 0) is 37.5 Å².